The van der Waals surface area contributed by atoms with Gasteiger partial charge in [-0.3, -0.25) is 9.59 Å². The lowest BCUT2D eigenvalue weighted by atomic mass is 9.96. The fraction of sp³-hybridized carbons (Fsp3) is 0.500. The van der Waals surface area contributed by atoms with Crippen LogP contribution < -0.4 is 15.4 Å². The summed E-state index contributed by atoms with van der Waals surface area (Å²) in [6, 6.07) is 12.2. The number of alkyl carbamates (subject to hydrolysis) is 1. The maximum absolute atomic E-state index is 14.4. The first-order valence-electron chi connectivity index (χ1n) is 14.8. The van der Waals surface area contributed by atoms with Crippen LogP contribution in [0.2, 0.25) is 0 Å². The van der Waals surface area contributed by atoms with Crippen molar-refractivity contribution < 1.29 is 23.9 Å². The molecule has 2 unspecified atom stereocenters. The number of carbonyl (C=O) groups is 3. The number of hydrogen-bond acceptors (Lipinski definition) is 6. The normalized spacial score (nSPS) is 12.4. The molecule has 0 bridgehead atoms. The molecule has 2 rings (SSSR count). The molecule has 2 aromatic rings. The highest BCUT2D eigenvalue weighted by atomic mass is 32.2. The second kappa shape index (κ2) is 18.1. The largest absolute Gasteiger partial charge is 0.497 e. The summed E-state index contributed by atoms with van der Waals surface area (Å²) in [5, 5.41) is 5.75. The molecule has 0 spiro atoms. The van der Waals surface area contributed by atoms with Crippen LogP contribution in [0.4, 0.5) is 10.5 Å². The Morgan fingerprint density at radius 2 is 1.70 bits per heavy atom. The fourth-order valence-corrected chi connectivity index (χ4v) is 5.07. The molecule has 0 aliphatic rings. The number of anilines is 1. The van der Waals surface area contributed by atoms with E-state index in [9.17, 15) is 14.4 Å². The molecule has 0 saturated heterocycles. The van der Waals surface area contributed by atoms with Crippen molar-refractivity contribution in [2.24, 2.45) is 0 Å². The van der Waals surface area contributed by atoms with Gasteiger partial charge in [0.1, 0.15) is 23.4 Å². The highest BCUT2D eigenvalue weighted by Crippen LogP contribution is 2.29. The highest BCUT2D eigenvalue weighted by molar-refractivity contribution is 7.98. The summed E-state index contributed by atoms with van der Waals surface area (Å²) in [6.07, 6.45) is 12.3. The molecule has 3 amide bonds. The van der Waals surface area contributed by atoms with Gasteiger partial charge < -0.3 is 25.0 Å². The lowest BCUT2D eigenvalue weighted by Gasteiger charge is -2.35. The van der Waals surface area contributed by atoms with Gasteiger partial charge in [-0.1, -0.05) is 56.7 Å². The first-order valence-corrected chi connectivity index (χ1v) is 16.2. The summed E-state index contributed by atoms with van der Waals surface area (Å²) in [7, 11) is 1.57. The van der Waals surface area contributed by atoms with Gasteiger partial charge >= 0.3 is 6.09 Å². The smallest absolute Gasteiger partial charge is 0.408 e. The van der Waals surface area contributed by atoms with E-state index in [1.54, 1.807) is 93.1 Å². The van der Waals surface area contributed by atoms with Crippen molar-refractivity contribution in [3.63, 3.8) is 0 Å². The Morgan fingerprint density at radius 1 is 1.02 bits per heavy atom. The van der Waals surface area contributed by atoms with Crippen LogP contribution in [0.1, 0.15) is 83.4 Å². The molecule has 8 nitrogen and oxygen atoms in total. The molecular formula is C34H47N3O5S. The zero-order valence-electron chi connectivity index (χ0n) is 26.4. The zero-order valence-corrected chi connectivity index (χ0v) is 27.2. The number of terminal acetylenes is 1. The molecule has 0 radical (unpaired) electrons. The van der Waals surface area contributed by atoms with Crippen LogP contribution in [-0.2, 0) is 14.3 Å². The summed E-state index contributed by atoms with van der Waals surface area (Å²) < 4.78 is 10.7. The Kier molecular flexibility index (Phi) is 15.0. The fourth-order valence-electron chi connectivity index (χ4n) is 4.60. The number of carbonyl (C=O) groups excluding carboxylic acids is 3. The lowest BCUT2D eigenvalue weighted by Crippen LogP contribution is -2.53. The molecule has 2 aromatic carbocycles. The van der Waals surface area contributed by atoms with Crippen molar-refractivity contribution in [3.8, 4) is 18.1 Å². The molecule has 43 heavy (non-hydrogen) atoms. The number of amides is 3. The minimum atomic E-state index is -1.04. The SMILES string of the molecule is C#Cc1ccccc1C(C(=O)Nc1ccc(OC)cc1)N(CCCCCCC)C(=O)C(CCSC)NC(=O)OC(C)(C)C. The van der Waals surface area contributed by atoms with Gasteiger partial charge in [0.25, 0.3) is 5.91 Å². The van der Waals surface area contributed by atoms with Crippen molar-refractivity contribution in [2.45, 2.75) is 83.9 Å². The van der Waals surface area contributed by atoms with Gasteiger partial charge in [-0.2, -0.15) is 11.8 Å². The topological polar surface area (TPSA) is 97.0 Å². The van der Waals surface area contributed by atoms with Crippen LogP contribution in [0.3, 0.4) is 0 Å². The summed E-state index contributed by atoms with van der Waals surface area (Å²) >= 11 is 1.57. The minimum Gasteiger partial charge on any atom is -0.497 e. The first kappa shape index (κ1) is 35.6. The van der Waals surface area contributed by atoms with E-state index in [1.807, 2.05) is 6.26 Å². The third-order valence-electron chi connectivity index (χ3n) is 6.71. The molecule has 0 aliphatic heterocycles. The number of unbranched alkanes of at least 4 members (excludes halogenated alkanes) is 4. The van der Waals surface area contributed by atoms with Gasteiger partial charge in [0.05, 0.1) is 7.11 Å². The number of ether oxygens (including phenoxy) is 2. The molecule has 2 atom stereocenters. The van der Waals surface area contributed by atoms with E-state index in [2.05, 4.69) is 23.5 Å². The van der Waals surface area contributed by atoms with Crippen LogP contribution in [-0.4, -0.2) is 60.1 Å². The molecule has 0 aliphatic carbocycles. The van der Waals surface area contributed by atoms with E-state index in [-0.39, 0.29) is 5.91 Å². The summed E-state index contributed by atoms with van der Waals surface area (Å²) in [5.41, 5.74) is 0.874. The van der Waals surface area contributed by atoms with Crippen LogP contribution in [0.5, 0.6) is 5.75 Å². The number of nitrogens with zero attached hydrogens (tertiary/aromatic N) is 1. The van der Waals surface area contributed by atoms with Crippen LogP contribution >= 0.6 is 11.8 Å². The molecule has 0 aromatic heterocycles. The van der Waals surface area contributed by atoms with Crippen molar-refractivity contribution in [1.29, 1.82) is 0 Å². The van der Waals surface area contributed by atoms with E-state index in [0.29, 0.717) is 47.7 Å². The van der Waals surface area contributed by atoms with Gasteiger partial charge in [-0.15, -0.1) is 6.42 Å². The van der Waals surface area contributed by atoms with Gasteiger partial charge in [0.15, 0.2) is 0 Å². The minimum absolute atomic E-state index is 0.313. The molecule has 2 N–H and O–H groups in total. The summed E-state index contributed by atoms with van der Waals surface area (Å²) in [5.74, 6) is 3.19. The standard InChI is InChI=1S/C34H47N3O5S/c1-8-10-11-12-15-23-37(32(39)29(22-24-43-7)36-33(40)42-34(3,4)5)30(28-17-14-13-16-25(28)9-2)31(38)35-26-18-20-27(41-6)21-19-26/h2,13-14,16-21,29-30H,8,10-12,15,22-24H2,1,3-7H3,(H,35,38)(H,36,40). The number of rotatable bonds is 16. The summed E-state index contributed by atoms with van der Waals surface area (Å²) in [6.45, 7) is 7.76. The molecule has 234 valence electrons. The van der Waals surface area contributed by atoms with Gasteiger partial charge in [0.2, 0.25) is 5.91 Å². The second-order valence-corrected chi connectivity index (χ2v) is 12.3. The summed E-state index contributed by atoms with van der Waals surface area (Å²) in [4.78, 5) is 43.0. The van der Waals surface area contributed by atoms with Gasteiger partial charge in [-0.05, 0) is 81.5 Å². The molecule has 0 saturated carbocycles. The monoisotopic (exact) mass is 609 g/mol. The predicted molar refractivity (Wildman–Crippen MR) is 175 cm³/mol. The molecule has 0 heterocycles. The van der Waals surface area contributed by atoms with E-state index in [4.69, 9.17) is 15.9 Å². The van der Waals surface area contributed by atoms with E-state index < -0.39 is 29.7 Å². The quantitative estimate of drug-likeness (QED) is 0.161. The number of benzene rings is 2. The second-order valence-electron chi connectivity index (χ2n) is 11.3. The highest BCUT2D eigenvalue weighted by Gasteiger charge is 2.37. The van der Waals surface area contributed by atoms with E-state index in [0.717, 1.165) is 25.7 Å². The third-order valence-corrected chi connectivity index (χ3v) is 7.36. The van der Waals surface area contributed by atoms with Gasteiger partial charge in [-0.25, -0.2) is 4.79 Å². The molecule has 0 fully saturated rings. The molecule has 9 heteroatoms. The molecular weight excluding hydrogens is 562 g/mol. The average molecular weight is 610 g/mol. The van der Waals surface area contributed by atoms with Crippen molar-refractivity contribution in [2.75, 3.05) is 31.0 Å². The van der Waals surface area contributed by atoms with Crippen molar-refractivity contribution in [1.82, 2.24) is 10.2 Å². The average Bonchev–Trinajstić information content (AvgIpc) is 2.97. The van der Waals surface area contributed by atoms with Crippen LogP contribution in [0.25, 0.3) is 0 Å². The Labute approximate surface area is 261 Å². The Bertz CT molecular complexity index is 1220. The predicted octanol–water partition coefficient (Wildman–Crippen LogP) is 6.80. The number of hydrogen-bond donors (Lipinski definition) is 2. The number of methoxy groups -OCH3 is 1. The Morgan fingerprint density at radius 3 is 2.30 bits per heavy atom. The van der Waals surface area contributed by atoms with Crippen molar-refractivity contribution >= 4 is 35.4 Å². The van der Waals surface area contributed by atoms with Crippen LogP contribution in [0.15, 0.2) is 48.5 Å². The van der Waals surface area contributed by atoms with E-state index >= 15 is 0 Å². The van der Waals surface area contributed by atoms with Crippen molar-refractivity contribution in [3.05, 3.63) is 59.7 Å². The maximum atomic E-state index is 14.4. The van der Waals surface area contributed by atoms with E-state index in [1.165, 1.54) is 0 Å². The Hall–Kier alpha value is -3.64. The zero-order chi connectivity index (χ0) is 31.8. The number of thioether (sulfide) groups is 1. The maximum Gasteiger partial charge on any atom is 0.408 e. The third kappa shape index (κ3) is 11.9. The van der Waals surface area contributed by atoms with Crippen LogP contribution in [0, 0.1) is 12.3 Å². The Balaban J connectivity index is 2.57. The van der Waals surface area contributed by atoms with Gasteiger partial charge in [0, 0.05) is 17.8 Å². The lowest BCUT2D eigenvalue weighted by molar-refractivity contribution is -0.141. The first-order chi connectivity index (χ1) is 20.5. The number of nitrogens with one attached hydrogen (secondary N) is 2.